The maximum atomic E-state index is 12.0. The standard InChI is InChI=1S/C17H20N4O2/c1-11-14-6-4-5-7-15(14)23-16(11)12(2)20-17(22)18-8-13-9-19-21(3)10-13/h4-7,9-10,12H,8H2,1-3H3,(H2,18,20,22). The van der Waals surface area contributed by atoms with Crippen molar-refractivity contribution in [3.63, 3.8) is 0 Å². The number of para-hydroxylation sites is 1. The van der Waals surface area contributed by atoms with Gasteiger partial charge >= 0.3 is 6.03 Å². The molecule has 0 fully saturated rings. The van der Waals surface area contributed by atoms with Gasteiger partial charge in [0.15, 0.2) is 0 Å². The van der Waals surface area contributed by atoms with E-state index in [0.717, 1.165) is 27.9 Å². The molecule has 2 N–H and O–H groups in total. The van der Waals surface area contributed by atoms with Gasteiger partial charge in [0.2, 0.25) is 0 Å². The molecule has 1 atom stereocenters. The summed E-state index contributed by atoms with van der Waals surface area (Å²) >= 11 is 0. The molecule has 0 aliphatic carbocycles. The number of rotatable bonds is 4. The zero-order chi connectivity index (χ0) is 16.4. The second-order valence-electron chi connectivity index (χ2n) is 5.66. The van der Waals surface area contributed by atoms with Crippen molar-refractivity contribution in [2.75, 3.05) is 0 Å². The molecule has 2 aromatic heterocycles. The molecule has 23 heavy (non-hydrogen) atoms. The molecule has 3 rings (SSSR count). The van der Waals surface area contributed by atoms with E-state index in [2.05, 4.69) is 15.7 Å². The number of nitrogens with zero attached hydrogens (tertiary/aromatic N) is 2. The third kappa shape index (κ3) is 3.21. The highest BCUT2D eigenvalue weighted by Gasteiger charge is 2.18. The van der Waals surface area contributed by atoms with Crippen LogP contribution in [0.5, 0.6) is 0 Å². The molecule has 2 heterocycles. The van der Waals surface area contributed by atoms with Crippen molar-refractivity contribution < 1.29 is 9.21 Å². The van der Waals surface area contributed by atoms with Crippen LogP contribution in [0.4, 0.5) is 4.79 Å². The van der Waals surface area contributed by atoms with Gasteiger partial charge in [-0.3, -0.25) is 4.68 Å². The number of amides is 2. The number of carbonyl (C=O) groups excluding carboxylic acids is 1. The molecule has 0 saturated heterocycles. The highest BCUT2D eigenvalue weighted by atomic mass is 16.3. The van der Waals surface area contributed by atoms with E-state index in [1.54, 1.807) is 10.9 Å². The van der Waals surface area contributed by atoms with Crippen LogP contribution in [0.15, 0.2) is 41.1 Å². The first-order valence-electron chi connectivity index (χ1n) is 7.54. The molecule has 6 heteroatoms. The van der Waals surface area contributed by atoms with Crippen molar-refractivity contribution in [2.24, 2.45) is 7.05 Å². The Bertz CT molecular complexity index is 834. The van der Waals surface area contributed by atoms with Crippen LogP contribution in [0.1, 0.15) is 29.9 Å². The molecule has 0 aliphatic heterocycles. The molecule has 3 aromatic rings. The molecule has 0 spiro atoms. The average Bonchev–Trinajstić information content (AvgIpc) is 3.09. The fourth-order valence-electron chi connectivity index (χ4n) is 2.67. The van der Waals surface area contributed by atoms with Crippen LogP contribution in [-0.4, -0.2) is 15.8 Å². The van der Waals surface area contributed by atoms with Gasteiger partial charge in [-0.1, -0.05) is 18.2 Å². The van der Waals surface area contributed by atoms with E-state index in [9.17, 15) is 4.79 Å². The number of carbonyl (C=O) groups is 1. The Kier molecular flexibility index (Phi) is 4.06. The van der Waals surface area contributed by atoms with Crippen LogP contribution in [0.3, 0.4) is 0 Å². The van der Waals surface area contributed by atoms with E-state index in [0.29, 0.717) is 6.54 Å². The van der Waals surface area contributed by atoms with Crippen LogP contribution in [-0.2, 0) is 13.6 Å². The first-order chi connectivity index (χ1) is 11.0. The molecule has 0 radical (unpaired) electrons. The van der Waals surface area contributed by atoms with E-state index in [-0.39, 0.29) is 12.1 Å². The number of hydrogen-bond acceptors (Lipinski definition) is 3. The first-order valence-corrected chi connectivity index (χ1v) is 7.54. The summed E-state index contributed by atoms with van der Waals surface area (Å²) in [5.41, 5.74) is 2.85. The predicted molar refractivity (Wildman–Crippen MR) is 87.9 cm³/mol. The Labute approximate surface area is 134 Å². The highest BCUT2D eigenvalue weighted by molar-refractivity contribution is 5.82. The number of aromatic nitrogens is 2. The monoisotopic (exact) mass is 312 g/mol. The van der Waals surface area contributed by atoms with Gasteiger partial charge < -0.3 is 15.1 Å². The maximum absolute atomic E-state index is 12.0. The topological polar surface area (TPSA) is 72.1 Å². The quantitative estimate of drug-likeness (QED) is 0.778. The number of fused-ring (bicyclic) bond motifs is 1. The molecule has 0 aliphatic rings. The van der Waals surface area contributed by atoms with Crippen molar-refractivity contribution in [3.05, 3.63) is 53.5 Å². The lowest BCUT2D eigenvalue weighted by Gasteiger charge is -2.13. The minimum absolute atomic E-state index is 0.212. The summed E-state index contributed by atoms with van der Waals surface area (Å²) in [5.74, 6) is 0.780. The highest BCUT2D eigenvalue weighted by Crippen LogP contribution is 2.28. The molecule has 0 saturated carbocycles. The van der Waals surface area contributed by atoms with Crippen molar-refractivity contribution in [2.45, 2.75) is 26.4 Å². The second-order valence-corrected chi connectivity index (χ2v) is 5.66. The molecule has 2 amide bonds. The summed E-state index contributed by atoms with van der Waals surface area (Å²) in [6.45, 7) is 4.35. The first kappa shape index (κ1) is 15.1. The van der Waals surface area contributed by atoms with Crippen molar-refractivity contribution in [1.82, 2.24) is 20.4 Å². The number of benzene rings is 1. The molecular weight excluding hydrogens is 292 g/mol. The molecule has 0 bridgehead atoms. The second kappa shape index (κ2) is 6.16. The lowest BCUT2D eigenvalue weighted by molar-refractivity contribution is 0.236. The van der Waals surface area contributed by atoms with Crippen molar-refractivity contribution >= 4 is 17.0 Å². The lowest BCUT2D eigenvalue weighted by atomic mass is 10.1. The zero-order valence-corrected chi connectivity index (χ0v) is 13.5. The SMILES string of the molecule is Cc1c(C(C)NC(=O)NCc2cnn(C)c2)oc2ccccc12. The van der Waals surface area contributed by atoms with Crippen molar-refractivity contribution in [1.29, 1.82) is 0 Å². The van der Waals surface area contributed by atoms with Crippen molar-refractivity contribution in [3.8, 4) is 0 Å². The minimum Gasteiger partial charge on any atom is -0.459 e. The summed E-state index contributed by atoms with van der Waals surface area (Å²) in [6, 6.07) is 7.42. The molecule has 120 valence electrons. The smallest absolute Gasteiger partial charge is 0.315 e. The van der Waals surface area contributed by atoms with Gasteiger partial charge in [-0.05, 0) is 19.9 Å². The normalized spacial score (nSPS) is 12.3. The number of aryl methyl sites for hydroxylation is 2. The number of urea groups is 1. The number of nitrogens with one attached hydrogen (secondary N) is 2. The van der Waals surface area contributed by atoms with Gasteiger partial charge in [-0.2, -0.15) is 5.10 Å². The molecule has 1 unspecified atom stereocenters. The third-order valence-corrected chi connectivity index (χ3v) is 3.83. The largest absolute Gasteiger partial charge is 0.459 e. The summed E-state index contributed by atoms with van der Waals surface area (Å²) in [7, 11) is 1.84. The summed E-state index contributed by atoms with van der Waals surface area (Å²) in [5, 5.41) is 10.9. The Morgan fingerprint density at radius 3 is 2.87 bits per heavy atom. The van der Waals surface area contributed by atoms with E-state index in [1.807, 2.05) is 51.4 Å². The Morgan fingerprint density at radius 2 is 2.17 bits per heavy atom. The van der Waals surface area contributed by atoms with E-state index in [4.69, 9.17) is 4.42 Å². The average molecular weight is 312 g/mol. The van der Waals surface area contributed by atoms with Gasteiger partial charge in [0.25, 0.3) is 0 Å². The Balaban J connectivity index is 1.64. The van der Waals surface area contributed by atoms with Gasteiger partial charge in [-0.15, -0.1) is 0 Å². The fraction of sp³-hybridized carbons (Fsp3) is 0.294. The van der Waals surface area contributed by atoms with Gasteiger partial charge in [0.05, 0.1) is 12.2 Å². The maximum Gasteiger partial charge on any atom is 0.315 e. The van der Waals surface area contributed by atoms with Crippen LogP contribution in [0.25, 0.3) is 11.0 Å². The number of hydrogen-bond donors (Lipinski definition) is 2. The third-order valence-electron chi connectivity index (χ3n) is 3.83. The van der Waals surface area contributed by atoms with E-state index < -0.39 is 0 Å². The Morgan fingerprint density at radius 1 is 1.39 bits per heavy atom. The summed E-state index contributed by atoms with van der Waals surface area (Å²) in [4.78, 5) is 12.0. The minimum atomic E-state index is -0.235. The predicted octanol–water partition coefficient (Wildman–Crippen LogP) is 3.04. The van der Waals surface area contributed by atoms with E-state index >= 15 is 0 Å². The van der Waals surface area contributed by atoms with Gasteiger partial charge in [-0.25, -0.2) is 4.79 Å². The van der Waals surface area contributed by atoms with Crippen LogP contribution in [0, 0.1) is 6.92 Å². The molecular formula is C17H20N4O2. The number of furan rings is 1. The summed E-state index contributed by atoms with van der Waals surface area (Å²) < 4.78 is 7.58. The van der Waals surface area contributed by atoms with Gasteiger partial charge in [0.1, 0.15) is 11.3 Å². The van der Waals surface area contributed by atoms with Crippen LogP contribution >= 0.6 is 0 Å². The molecule has 1 aromatic carbocycles. The zero-order valence-electron chi connectivity index (χ0n) is 13.5. The lowest BCUT2D eigenvalue weighted by Crippen LogP contribution is -2.36. The fourth-order valence-corrected chi connectivity index (χ4v) is 2.67. The molecule has 6 nitrogen and oxygen atoms in total. The van der Waals surface area contributed by atoms with Gasteiger partial charge in [0, 0.05) is 36.3 Å². The Hall–Kier alpha value is -2.76. The van der Waals surface area contributed by atoms with Crippen LogP contribution < -0.4 is 10.6 Å². The summed E-state index contributed by atoms with van der Waals surface area (Å²) in [6.07, 6.45) is 3.60. The van der Waals surface area contributed by atoms with E-state index in [1.165, 1.54) is 0 Å². The van der Waals surface area contributed by atoms with Crippen LogP contribution in [0.2, 0.25) is 0 Å².